The molecule has 308 valence electrons. The Morgan fingerprint density at radius 1 is 0.964 bits per heavy atom. The van der Waals surface area contributed by atoms with Gasteiger partial charge < -0.3 is 24.4 Å². The van der Waals surface area contributed by atoms with E-state index < -0.39 is 60.1 Å². The van der Waals surface area contributed by atoms with Crippen LogP contribution >= 0.6 is 0 Å². The molecule has 55 heavy (non-hydrogen) atoms. The summed E-state index contributed by atoms with van der Waals surface area (Å²) in [5, 5.41) is 13.8. The average Bonchev–Trinajstić information content (AvgIpc) is 3.62. The zero-order chi connectivity index (χ0) is 41.6. The van der Waals surface area contributed by atoms with Crippen LogP contribution in [0.5, 0.6) is 0 Å². The van der Waals surface area contributed by atoms with Gasteiger partial charge in [-0.2, -0.15) is 0 Å². The van der Waals surface area contributed by atoms with Gasteiger partial charge in [0, 0.05) is 57.5 Å². The largest absolute Gasteiger partial charge is 0.481 e. The lowest BCUT2D eigenvalue weighted by Crippen LogP contribution is -2.54. The Kier molecular flexibility index (Phi) is 19.5. The summed E-state index contributed by atoms with van der Waals surface area (Å²) in [6.07, 6.45) is 0.500. The SMILES string of the molecule is CC[C@H](C)[C@@H]([C@@H](CC(=O)N1CCC[C@H]1[C@H](OC)[C@@H](C)C(=O)C[C@@H](Cc1ccccc1)C(=O)O)OC)N(C)C(=O)[C@@H](CC(=O)[C@H](C(C)C)N(C)C)[C@H](C)N=[N+]=[N-]. The second-order valence-electron chi connectivity index (χ2n) is 15.9. The zero-order valence-corrected chi connectivity index (χ0v) is 34.9. The average molecular weight is 771 g/mol. The van der Waals surface area contributed by atoms with Crippen molar-refractivity contribution in [1.82, 2.24) is 14.7 Å². The molecule has 1 aliphatic heterocycles. The quantitative estimate of drug-likeness (QED) is 0.0787. The van der Waals surface area contributed by atoms with E-state index in [1.54, 1.807) is 30.7 Å². The van der Waals surface area contributed by atoms with Gasteiger partial charge in [0.2, 0.25) is 11.8 Å². The Bertz CT molecular complexity index is 1460. The number of carboxylic acid groups (broad SMARTS) is 1. The molecular formula is C41H66N6O8. The third-order valence-corrected chi connectivity index (χ3v) is 11.5. The van der Waals surface area contributed by atoms with Crippen LogP contribution in [0.4, 0.5) is 0 Å². The maximum absolute atomic E-state index is 14.4. The van der Waals surface area contributed by atoms with Crippen molar-refractivity contribution in [2.24, 2.45) is 34.7 Å². The van der Waals surface area contributed by atoms with Gasteiger partial charge in [0.15, 0.2) is 5.78 Å². The van der Waals surface area contributed by atoms with E-state index in [0.29, 0.717) is 25.8 Å². The van der Waals surface area contributed by atoms with Gasteiger partial charge in [-0.25, -0.2) is 0 Å². The number of aliphatic carboxylic acids is 1. The van der Waals surface area contributed by atoms with Gasteiger partial charge in [-0.1, -0.05) is 83.4 Å². The molecule has 0 aliphatic carbocycles. The fraction of sp³-hybridized carbons (Fsp3) is 0.732. The second-order valence-corrected chi connectivity index (χ2v) is 15.9. The molecule has 1 aliphatic rings. The summed E-state index contributed by atoms with van der Waals surface area (Å²) in [5.74, 6) is -4.59. The van der Waals surface area contributed by atoms with E-state index in [-0.39, 0.29) is 60.9 Å². The maximum atomic E-state index is 14.4. The van der Waals surface area contributed by atoms with E-state index in [9.17, 15) is 34.6 Å². The predicted octanol–water partition coefficient (Wildman–Crippen LogP) is 5.67. The lowest BCUT2D eigenvalue weighted by molar-refractivity contribution is -0.149. The highest BCUT2D eigenvalue weighted by molar-refractivity contribution is 5.90. The first kappa shape index (κ1) is 47.3. The van der Waals surface area contributed by atoms with Gasteiger partial charge in [-0.15, -0.1) is 0 Å². The number of likely N-dealkylation sites (N-methyl/N-ethyl adjacent to an activating group) is 2. The molecule has 2 amide bonds. The number of Topliss-reactive ketones (excluding diaryl/α,β-unsaturated/α-hetero) is 2. The lowest BCUT2D eigenvalue weighted by atomic mass is 9.85. The number of benzene rings is 1. The number of nitrogens with zero attached hydrogens (tertiary/aromatic N) is 6. The number of carboxylic acids is 1. The highest BCUT2D eigenvalue weighted by Crippen LogP contribution is 2.31. The Hall–Kier alpha value is -3.84. The van der Waals surface area contributed by atoms with Crippen LogP contribution in [0, 0.1) is 29.6 Å². The number of hydrogen-bond donors (Lipinski definition) is 1. The van der Waals surface area contributed by atoms with Gasteiger partial charge in [0.25, 0.3) is 0 Å². The van der Waals surface area contributed by atoms with Crippen molar-refractivity contribution >= 4 is 29.4 Å². The Labute approximate surface area is 327 Å². The molecule has 1 saturated heterocycles. The fourth-order valence-electron chi connectivity index (χ4n) is 8.40. The molecule has 1 aromatic carbocycles. The summed E-state index contributed by atoms with van der Waals surface area (Å²) >= 11 is 0. The number of carbonyl (C=O) groups excluding carboxylic acids is 4. The van der Waals surface area contributed by atoms with Crippen molar-refractivity contribution in [3.8, 4) is 0 Å². The molecule has 0 bridgehead atoms. The van der Waals surface area contributed by atoms with Crippen LogP contribution in [0.3, 0.4) is 0 Å². The lowest BCUT2D eigenvalue weighted by Gasteiger charge is -2.41. The summed E-state index contributed by atoms with van der Waals surface area (Å²) in [6, 6.07) is 7.00. The van der Waals surface area contributed by atoms with E-state index in [1.165, 1.54) is 14.2 Å². The molecule has 10 atom stereocenters. The van der Waals surface area contributed by atoms with Gasteiger partial charge in [0.1, 0.15) is 5.78 Å². The van der Waals surface area contributed by atoms with Crippen molar-refractivity contribution in [1.29, 1.82) is 0 Å². The van der Waals surface area contributed by atoms with E-state index in [0.717, 1.165) is 5.56 Å². The molecule has 0 spiro atoms. The number of carbonyl (C=O) groups is 5. The smallest absolute Gasteiger partial charge is 0.307 e. The minimum Gasteiger partial charge on any atom is -0.481 e. The normalized spacial score (nSPS) is 19.4. The minimum absolute atomic E-state index is 0.00275. The Morgan fingerprint density at radius 3 is 2.11 bits per heavy atom. The first-order valence-electron chi connectivity index (χ1n) is 19.6. The van der Waals surface area contributed by atoms with Crippen LogP contribution < -0.4 is 0 Å². The van der Waals surface area contributed by atoms with E-state index >= 15 is 0 Å². The van der Waals surface area contributed by atoms with Gasteiger partial charge >= 0.3 is 5.97 Å². The highest BCUT2D eigenvalue weighted by Gasteiger charge is 2.43. The second kappa shape index (κ2) is 22.6. The Balaban J connectivity index is 2.33. The first-order chi connectivity index (χ1) is 25.9. The molecule has 0 aromatic heterocycles. The molecule has 1 N–H and O–H groups in total. The molecule has 0 saturated carbocycles. The van der Waals surface area contributed by atoms with Crippen molar-refractivity contribution in [2.75, 3.05) is 41.9 Å². The number of rotatable bonds is 24. The maximum Gasteiger partial charge on any atom is 0.307 e. The number of hydrogen-bond acceptors (Lipinski definition) is 9. The molecule has 1 heterocycles. The van der Waals surface area contributed by atoms with Crippen molar-refractivity contribution in [2.45, 2.75) is 123 Å². The van der Waals surface area contributed by atoms with E-state index in [1.807, 2.05) is 77.0 Å². The van der Waals surface area contributed by atoms with Gasteiger partial charge in [-0.3, -0.25) is 28.9 Å². The molecule has 1 aromatic rings. The van der Waals surface area contributed by atoms with Crippen molar-refractivity contribution in [3.63, 3.8) is 0 Å². The van der Waals surface area contributed by atoms with Crippen LogP contribution in [0.25, 0.3) is 10.4 Å². The molecular weight excluding hydrogens is 704 g/mol. The monoisotopic (exact) mass is 770 g/mol. The highest BCUT2D eigenvalue weighted by atomic mass is 16.5. The third kappa shape index (κ3) is 12.8. The van der Waals surface area contributed by atoms with E-state index in [2.05, 4.69) is 10.0 Å². The van der Waals surface area contributed by atoms with Gasteiger partial charge in [0.05, 0.1) is 48.6 Å². The van der Waals surface area contributed by atoms with Crippen molar-refractivity contribution < 1.29 is 38.6 Å². The standard InChI is InChI=1S/C41H66N6O8/c1-12-26(4)38(46(9)40(51)31(28(6)43-44-42)23-34(49)37(25(2)3)45(7)8)35(54-10)24-36(50)47-20-16-19-32(47)39(55-11)27(5)33(48)22-30(41(52)53)21-29-17-14-13-15-18-29/h13-15,17-18,25-28,30-32,35,37-39H,12,16,19-24H2,1-11H3,(H,52,53)/t26-,27-,28-,30+,31-,32-,35+,37-,38-,39+/m0/s1. The van der Waals surface area contributed by atoms with Crippen LogP contribution in [-0.4, -0.2) is 127 Å². The molecule has 0 unspecified atom stereocenters. The van der Waals surface area contributed by atoms with Crippen LogP contribution in [0.1, 0.15) is 85.6 Å². The number of likely N-dealkylation sites (tertiary alicyclic amines) is 1. The van der Waals surface area contributed by atoms with Crippen LogP contribution in [0.2, 0.25) is 0 Å². The predicted molar refractivity (Wildman–Crippen MR) is 211 cm³/mol. The number of methoxy groups -OCH3 is 2. The summed E-state index contributed by atoms with van der Waals surface area (Å²) < 4.78 is 11.9. The van der Waals surface area contributed by atoms with Crippen LogP contribution in [-0.2, 0) is 39.9 Å². The summed E-state index contributed by atoms with van der Waals surface area (Å²) in [6.45, 7) is 11.7. The third-order valence-electron chi connectivity index (χ3n) is 11.5. The molecule has 1 fully saturated rings. The molecule has 14 heteroatoms. The molecule has 0 radical (unpaired) electrons. The Morgan fingerprint density at radius 2 is 1.60 bits per heavy atom. The summed E-state index contributed by atoms with van der Waals surface area (Å²) in [5.41, 5.74) is 10.1. The number of ether oxygens (including phenoxy) is 2. The molecule has 2 rings (SSSR count). The zero-order valence-electron chi connectivity index (χ0n) is 34.9. The number of amides is 2. The number of azide groups is 1. The summed E-state index contributed by atoms with van der Waals surface area (Å²) in [4.78, 5) is 76.0. The minimum atomic E-state index is -1.04. The number of ketones is 2. The van der Waals surface area contributed by atoms with Crippen LogP contribution in [0.15, 0.2) is 35.4 Å². The van der Waals surface area contributed by atoms with Gasteiger partial charge in [-0.05, 0) is 56.3 Å². The summed E-state index contributed by atoms with van der Waals surface area (Å²) in [7, 11) is 8.31. The fourth-order valence-corrected chi connectivity index (χ4v) is 8.40. The molecule has 14 nitrogen and oxygen atoms in total. The van der Waals surface area contributed by atoms with E-state index in [4.69, 9.17) is 9.47 Å². The first-order valence-corrected chi connectivity index (χ1v) is 19.6. The van der Waals surface area contributed by atoms with Crippen molar-refractivity contribution in [3.05, 3.63) is 46.3 Å². The topological polar surface area (TPSA) is 183 Å².